The van der Waals surface area contributed by atoms with E-state index in [-0.39, 0.29) is 22.8 Å². The normalized spacial score (nSPS) is 11.5. The van der Waals surface area contributed by atoms with Gasteiger partial charge in [0.05, 0.1) is 18.6 Å². The van der Waals surface area contributed by atoms with Crippen molar-refractivity contribution in [2.24, 2.45) is 0 Å². The molecule has 0 radical (unpaired) electrons. The number of rotatable bonds is 8. The van der Waals surface area contributed by atoms with Crippen molar-refractivity contribution in [2.45, 2.75) is 38.0 Å². The van der Waals surface area contributed by atoms with Crippen LogP contribution >= 0.6 is 11.8 Å². The molecule has 1 amide bonds. The molecule has 1 heterocycles. The first-order chi connectivity index (χ1) is 15.6. The van der Waals surface area contributed by atoms with Crippen LogP contribution in [-0.2, 0) is 10.2 Å². The highest BCUT2D eigenvalue weighted by Crippen LogP contribution is 2.32. The van der Waals surface area contributed by atoms with E-state index in [0.717, 1.165) is 17.3 Å². The number of methoxy groups -OCH3 is 1. The first-order valence-electron chi connectivity index (χ1n) is 9.95. The highest BCUT2D eigenvalue weighted by atomic mass is 32.2. The fourth-order valence-corrected chi connectivity index (χ4v) is 3.60. The van der Waals surface area contributed by atoms with Crippen LogP contribution < -0.4 is 20.6 Å². The second-order valence-corrected chi connectivity index (χ2v) is 9.02. The predicted molar refractivity (Wildman–Crippen MR) is 123 cm³/mol. The summed E-state index contributed by atoms with van der Waals surface area (Å²) in [6.45, 7) is 3.35. The van der Waals surface area contributed by atoms with E-state index < -0.39 is 6.61 Å². The summed E-state index contributed by atoms with van der Waals surface area (Å²) in [7, 11) is 1.54. The Morgan fingerprint density at radius 3 is 2.48 bits per heavy atom. The summed E-state index contributed by atoms with van der Waals surface area (Å²) in [6, 6.07) is 11.5. The Bertz CT molecular complexity index is 1110. The third-order valence-electron chi connectivity index (χ3n) is 4.67. The lowest BCUT2D eigenvalue weighted by Crippen LogP contribution is -2.18. The van der Waals surface area contributed by atoms with Crippen LogP contribution in [0.1, 0.15) is 26.3 Å². The molecule has 2 aromatic carbocycles. The molecule has 0 bridgehead atoms. The van der Waals surface area contributed by atoms with Gasteiger partial charge >= 0.3 is 6.61 Å². The van der Waals surface area contributed by atoms with Gasteiger partial charge in [0.15, 0.2) is 5.82 Å². The minimum Gasteiger partial charge on any atom is -0.495 e. The number of benzene rings is 2. The highest BCUT2D eigenvalue weighted by molar-refractivity contribution is 7.99. The van der Waals surface area contributed by atoms with Crippen LogP contribution in [0.15, 0.2) is 47.6 Å². The predicted octanol–water partition coefficient (Wildman–Crippen LogP) is 4.30. The SMILES string of the molecule is COc1ccc(C(C)(C)C)cc1NC(=O)CSc1nnc(-c2ccc(OC(F)F)cc2)n1N. The molecule has 3 aromatic rings. The quantitative estimate of drug-likeness (QED) is 0.368. The number of aromatic nitrogens is 3. The number of carbonyl (C=O) groups is 1. The van der Waals surface area contributed by atoms with Gasteiger partial charge < -0.3 is 20.6 Å². The van der Waals surface area contributed by atoms with Crippen molar-refractivity contribution in [3.05, 3.63) is 48.0 Å². The maximum atomic E-state index is 12.6. The van der Waals surface area contributed by atoms with E-state index in [1.165, 1.54) is 16.8 Å². The van der Waals surface area contributed by atoms with E-state index in [1.807, 2.05) is 18.2 Å². The molecule has 3 rings (SSSR count). The second-order valence-electron chi connectivity index (χ2n) is 8.08. The lowest BCUT2D eigenvalue weighted by molar-refractivity contribution is -0.113. The summed E-state index contributed by atoms with van der Waals surface area (Å²) in [5, 5.41) is 11.2. The third kappa shape index (κ3) is 6.13. The van der Waals surface area contributed by atoms with Crippen molar-refractivity contribution in [1.82, 2.24) is 14.9 Å². The third-order valence-corrected chi connectivity index (χ3v) is 5.62. The number of carbonyl (C=O) groups excluding carboxylic acids is 1. The van der Waals surface area contributed by atoms with Crippen molar-refractivity contribution < 1.29 is 23.0 Å². The Morgan fingerprint density at radius 1 is 1.18 bits per heavy atom. The smallest absolute Gasteiger partial charge is 0.387 e. The number of nitrogens with one attached hydrogen (secondary N) is 1. The fraction of sp³-hybridized carbons (Fsp3) is 0.318. The zero-order valence-corrected chi connectivity index (χ0v) is 19.5. The van der Waals surface area contributed by atoms with Gasteiger partial charge in [-0.15, -0.1) is 10.2 Å². The molecule has 0 fully saturated rings. The average molecular weight is 478 g/mol. The number of alkyl halides is 2. The van der Waals surface area contributed by atoms with Crippen LogP contribution in [0.2, 0.25) is 0 Å². The van der Waals surface area contributed by atoms with Gasteiger partial charge in [-0.2, -0.15) is 8.78 Å². The van der Waals surface area contributed by atoms with Gasteiger partial charge in [-0.1, -0.05) is 38.6 Å². The largest absolute Gasteiger partial charge is 0.495 e. The van der Waals surface area contributed by atoms with E-state index in [0.29, 0.717) is 28.0 Å². The number of amides is 1. The molecule has 8 nitrogen and oxygen atoms in total. The molecular formula is C22H25F2N5O3S. The van der Waals surface area contributed by atoms with Gasteiger partial charge in [0.25, 0.3) is 0 Å². The summed E-state index contributed by atoms with van der Waals surface area (Å²) in [6.07, 6.45) is 0. The van der Waals surface area contributed by atoms with Gasteiger partial charge in [-0.25, -0.2) is 4.68 Å². The number of halogens is 2. The topological polar surface area (TPSA) is 104 Å². The summed E-state index contributed by atoms with van der Waals surface area (Å²) < 4.78 is 35.5. The molecule has 176 valence electrons. The Morgan fingerprint density at radius 2 is 1.88 bits per heavy atom. The Kier molecular flexibility index (Phi) is 7.42. The minimum atomic E-state index is -2.90. The highest BCUT2D eigenvalue weighted by Gasteiger charge is 2.18. The van der Waals surface area contributed by atoms with Crippen LogP contribution in [0.25, 0.3) is 11.4 Å². The van der Waals surface area contributed by atoms with Gasteiger partial charge in [0, 0.05) is 5.56 Å². The van der Waals surface area contributed by atoms with E-state index in [1.54, 1.807) is 19.2 Å². The molecule has 0 aliphatic rings. The average Bonchev–Trinajstić information content (AvgIpc) is 3.12. The molecular weight excluding hydrogens is 452 g/mol. The first kappa shape index (κ1) is 24.3. The number of anilines is 1. The van der Waals surface area contributed by atoms with Crippen LogP contribution in [-0.4, -0.2) is 40.3 Å². The molecule has 0 atom stereocenters. The molecule has 0 spiro atoms. The van der Waals surface area contributed by atoms with Gasteiger partial charge in [-0.05, 0) is 47.4 Å². The first-order valence-corrected chi connectivity index (χ1v) is 10.9. The van der Waals surface area contributed by atoms with Crippen LogP contribution in [0.3, 0.4) is 0 Å². The Balaban J connectivity index is 1.66. The molecule has 0 aliphatic heterocycles. The molecule has 0 saturated heterocycles. The maximum absolute atomic E-state index is 12.6. The molecule has 11 heteroatoms. The Labute approximate surface area is 194 Å². The van der Waals surface area contributed by atoms with Crippen molar-refractivity contribution >= 4 is 23.4 Å². The Hall–Kier alpha value is -3.34. The van der Waals surface area contributed by atoms with Crippen LogP contribution in [0, 0.1) is 0 Å². The number of nitrogens with zero attached hydrogens (tertiary/aromatic N) is 3. The van der Waals surface area contributed by atoms with Crippen LogP contribution in [0.4, 0.5) is 14.5 Å². The summed E-state index contributed by atoms with van der Waals surface area (Å²) >= 11 is 1.11. The lowest BCUT2D eigenvalue weighted by atomic mass is 9.87. The monoisotopic (exact) mass is 477 g/mol. The van der Waals surface area contributed by atoms with E-state index >= 15 is 0 Å². The summed E-state index contributed by atoms with van der Waals surface area (Å²) in [5.41, 5.74) is 2.11. The number of ether oxygens (including phenoxy) is 2. The number of hydrogen-bond donors (Lipinski definition) is 2. The van der Waals surface area contributed by atoms with E-state index in [9.17, 15) is 13.6 Å². The van der Waals surface area contributed by atoms with Crippen molar-refractivity contribution in [1.29, 1.82) is 0 Å². The molecule has 0 unspecified atom stereocenters. The molecule has 1 aromatic heterocycles. The number of nitrogens with two attached hydrogens (primary N) is 1. The number of thioether (sulfide) groups is 1. The number of nitrogen functional groups attached to an aromatic ring is 1. The summed E-state index contributed by atoms with van der Waals surface area (Å²) in [4.78, 5) is 12.6. The zero-order chi connectivity index (χ0) is 24.2. The molecule has 0 saturated carbocycles. The molecule has 0 aliphatic carbocycles. The maximum Gasteiger partial charge on any atom is 0.387 e. The van der Waals surface area contributed by atoms with Crippen molar-refractivity contribution in [3.8, 4) is 22.9 Å². The van der Waals surface area contributed by atoms with Gasteiger partial charge in [0.2, 0.25) is 11.1 Å². The lowest BCUT2D eigenvalue weighted by Gasteiger charge is -2.21. The van der Waals surface area contributed by atoms with Crippen molar-refractivity contribution in [2.75, 3.05) is 24.0 Å². The van der Waals surface area contributed by atoms with E-state index in [2.05, 4.69) is 41.0 Å². The second kappa shape index (κ2) is 10.1. The van der Waals surface area contributed by atoms with Gasteiger partial charge in [0.1, 0.15) is 11.5 Å². The fourth-order valence-electron chi connectivity index (χ4n) is 2.95. The summed E-state index contributed by atoms with van der Waals surface area (Å²) in [5.74, 6) is 6.76. The standard InChI is InChI=1S/C22H25F2N5O3S/c1-22(2,3)14-7-10-17(31-4)16(11-14)26-18(30)12-33-21-28-27-19(29(21)25)13-5-8-15(9-6-13)32-20(23)24/h5-11,20H,12,25H2,1-4H3,(H,26,30). The molecule has 33 heavy (non-hydrogen) atoms. The van der Waals surface area contributed by atoms with Crippen LogP contribution in [0.5, 0.6) is 11.5 Å². The minimum absolute atomic E-state index is 0.0223. The van der Waals surface area contributed by atoms with Crippen molar-refractivity contribution in [3.63, 3.8) is 0 Å². The van der Waals surface area contributed by atoms with Gasteiger partial charge in [-0.3, -0.25) is 4.79 Å². The molecule has 3 N–H and O–H groups in total. The number of hydrogen-bond acceptors (Lipinski definition) is 7. The van der Waals surface area contributed by atoms with E-state index in [4.69, 9.17) is 10.6 Å². The zero-order valence-electron chi connectivity index (χ0n) is 18.6.